The van der Waals surface area contributed by atoms with Crippen LogP contribution in [0.25, 0.3) is 144 Å². The molecule has 0 aliphatic rings. The van der Waals surface area contributed by atoms with Crippen molar-refractivity contribution in [2.75, 3.05) is 0 Å². The lowest BCUT2D eigenvalue weighted by atomic mass is 9.88. The lowest BCUT2D eigenvalue weighted by molar-refractivity contribution is 0.669. The van der Waals surface area contributed by atoms with Gasteiger partial charge in [-0.3, -0.25) is 0 Å². The van der Waals surface area contributed by atoms with Gasteiger partial charge in [-0.1, -0.05) is 158 Å². The van der Waals surface area contributed by atoms with Gasteiger partial charge in [0.2, 0.25) is 5.69 Å². The second-order valence-corrected chi connectivity index (χ2v) is 19.7. The van der Waals surface area contributed by atoms with Crippen LogP contribution in [0.3, 0.4) is 0 Å². The largest absolute Gasteiger partial charge is 0.456 e. The fourth-order valence-electron chi connectivity index (χ4n) is 11.4. The van der Waals surface area contributed by atoms with Crippen molar-refractivity contribution in [3.63, 3.8) is 0 Å². The molecular formula is C62H32N4OS2. The van der Waals surface area contributed by atoms with E-state index in [4.69, 9.17) is 4.42 Å². The van der Waals surface area contributed by atoms with Gasteiger partial charge in [0.15, 0.2) is 0 Å². The van der Waals surface area contributed by atoms with Crippen LogP contribution in [-0.2, 0) is 0 Å². The second kappa shape index (κ2) is 14.3. The van der Waals surface area contributed by atoms with Gasteiger partial charge in [-0.25, -0.2) is 4.85 Å². The standard InChI is InChI=1S/C62H32N4OS2/c1-64-56-52(35-16-4-2-5-17-35)45(34-63)57(65-46-24-12-8-22-43(46)54-47(65)32-33-49-55(54)44-23-9-13-25-48(44)67-49)53(36-18-6-3-7-19-36)60(56)66-58-39(28-30-41-37-20-10-14-26-50(37)68-61(41)58)40-29-31-42-38-21-11-15-27-51(38)69-62(42)59(40)66/h2-33H. The molecule has 0 bridgehead atoms. The molecule has 15 aromatic rings. The molecule has 5 aromatic heterocycles. The Morgan fingerprint density at radius 3 is 1.59 bits per heavy atom. The summed E-state index contributed by atoms with van der Waals surface area (Å²) in [5.74, 6) is 0. The minimum absolute atomic E-state index is 0.416. The molecule has 0 N–H and O–H groups in total. The van der Waals surface area contributed by atoms with Crippen LogP contribution in [0.5, 0.6) is 0 Å². The highest BCUT2D eigenvalue weighted by molar-refractivity contribution is 7.27. The average molecular weight is 913 g/mol. The number of nitrogens with zero attached hydrogens (tertiary/aromatic N) is 4. The average Bonchev–Trinajstić information content (AvgIpc) is 4.22. The number of benzene rings is 10. The molecule has 0 fully saturated rings. The molecule has 15 rings (SSSR count). The number of hydrogen-bond donors (Lipinski definition) is 0. The summed E-state index contributed by atoms with van der Waals surface area (Å²) in [5, 5.41) is 23.1. The zero-order chi connectivity index (χ0) is 45.5. The van der Waals surface area contributed by atoms with E-state index in [1.807, 2.05) is 48.5 Å². The van der Waals surface area contributed by atoms with Crippen LogP contribution in [0.4, 0.5) is 5.69 Å². The smallest absolute Gasteiger partial charge is 0.220 e. The lowest BCUT2D eigenvalue weighted by Crippen LogP contribution is -2.08. The van der Waals surface area contributed by atoms with Crippen molar-refractivity contribution in [1.82, 2.24) is 9.13 Å². The first-order valence-electron chi connectivity index (χ1n) is 22.9. The van der Waals surface area contributed by atoms with Gasteiger partial charge < -0.3 is 13.6 Å². The first-order chi connectivity index (χ1) is 34.2. The Morgan fingerprint density at radius 1 is 0.435 bits per heavy atom. The Kier molecular flexibility index (Phi) is 7.89. The molecule has 7 heteroatoms. The molecule has 0 saturated heterocycles. The van der Waals surface area contributed by atoms with E-state index in [0.29, 0.717) is 22.5 Å². The monoisotopic (exact) mass is 912 g/mol. The van der Waals surface area contributed by atoms with Crippen molar-refractivity contribution in [2.45, 2.75) is 0 Å². The molecule has 0 spiro atoms. The van der Waals surface area contributed by atoms with Gasteiger partial charge in [0.1, 0.15) is 17.2 Å². The molecule has 69 heavy (non-hydrogen) atoms. The number of para-hydroxylation sites is 2. The minimum atomic E-state index is 0.416. The Bertz CT molecular complexity index is 4670. The molecule has 0 atom stereocenters. The maximum atomic E-state index is 12.0. The highest BCUT2D eigenvalue weighted by atomic mass is 32.1. The Hall–Kier alpha value is -8.98. The van der Waals surface area contributed by atoms with Gasteiger partial charge >= 0.3 is 0 Å². The van der Waals surface area contributed by atoms with Crippen molar-refractivity contribution in [2.24, 2.45) is 0 Å². The number of fused-ring (bicyclic) bond motifs is 18. The summed E-state index contributed by atoms with van der Waals surface area (Å²) in [7, 11) is 0. The van der Waals surface area contributed by atoms with E-state index < -0.39 is 0 Å². The second-order valence-electron chi connectivity index (χ2n) is 17.6. The molecular weight excluding hydrogens is 881 g/mol. The zero-order valence-corrected chi connectivity index (χ0v) is 38.1. The van der Waals surface area contributed by atoms with Crippen molar-refractivity contribution >= 4 is 134 Å². The summed E-state index contributed by atoms with van der Waals surface area (Å²) in [6, 6.07) is 70.6. The number of hydrogen-bond acceptors (Lipinski definition) is 4. The maximum Gasteiger partial charge on any atom is 0.220 e. The summed E-state index contributed by atoms with van der Waals surface area (Å²) in [6.07, 6.45) is 0. The van der Waals surface area contributed by atoms with Crippen LogP contribution in [0.1, 0.15) is 5.56 Å². The van der Waals surface area contributed by atoms with E-state index in [1.54, 1.807) is 22.7 Å². The zero-order valence-electron chi connectivity index (χ0n) is 36.5. The van der Waals surface area contributed by atoms with E-state index in [-0.39, 0.29) is 0 Å². The van der Waals surface area contributed by atoms with Gasteiger partial charge in [0.25, 0.3) is 0 Å². The third-order valence-corrected chi connectivity index (χ3v) is 16.6. The van der Waals surface area contributed by atoms with Crippen LogP contribution in [0, 0.1) is 17.9 Å². The topological polar surface area (TPSA) is 51.1 Å². The van der Waals surface area contributed by atoms with Crippen LogP contribution >= 0.6 is 22.7 Å². The first-order valence-corrected chi connectivity index (χ1v) is 24.5. The number of furan rings is 1. The molecule has 318 valence electrons. The van der Waals surface area contributed by atoms with Crippen LogP contribution < -0.4 is 0 Å². The summed E-state index contributed by atoms with van der Waals surface area (Å²) in [6.45, 7) is 9.47. The molecule has 10 aromatic carbocycles. The van der Waals surface area contributed by atoms with Crippen LogP contribution in [0.15, 0.2) is 199 Å². The van der Waals surface area contributed by atoms with Crippen molar-refractivity contribution in [3.05, 3.63) is 211 Å². The third kappa shape index (κ3) is 5.10. The number of nitriles is 1. The van der Waals surface area contributed by atoms with E-state index >= 15 is 0 Å². The molecule has 0 unspecified atom stereocenters. The summed E-state index contributed by atoms with van der Waals surface area (Å²) in [4.78, 5) is 4.64. The van der Waals surface area contributed by atoms with E-state index in [9.17, 15) is 11.8 Å². The molecule has 0 radical (unpaired) electrons. The van der Waals surface area contributed by atoms with Gasteiger partial charge in [0, 0.05) is 74.4 Å². The van der Waals surface area contributed by atoms with E-state index in [1.165, 1.54) is 30.9 Å². The lowest BCUT2D eigenvalue weighted by Gasteiger charge is -2.26. The van der Waals surface area contributed by atoms with Gasteiger partial charge in [-0.15, -0.1) is 22.7 Å². The normalized spacial score (nSPS) is 12.0. The quantitative estimate of drug-likeness (QED) is 0.165. The summed E-state index contributed by atoms with van der Waals surface area (Å²) < 4.78 is 16.0. The SMILES string of the molecule is [C-]#[N+]c1c(-c2ccccc2)c(C#N)c(-n2c3ccccc3c3c4c(ccc32)oc2ccccc24)c(-c2ccccc2)c1-n1c2c(ccc3c4ccccc4sc32)c2ccc3c4ccccc4sc3c21. The highest BCUT2D eigenvalue weighted by Crippen LogP contribution is 2.55. The molecule has 0 aliphatic heterocycles. The van der Waals surface area contributed by atoms with E-state index in [2.05, 4.69) is 166 Å². The third-order valence-electron chi connectivity index (χ3n) is 14.2. The van der Waals surface area contributed by atoms with E-state index in [0.717, 1.165) is 97.3 Å². The molecule has 5 heterocycles. The fraction of sp³-hybridized carbons (Fsp3) is 0. The molecule has 5 nitrogen and oxygen atoms in total. The predicted octanol–water partition coefficient (Wildman–Crippen LogP) is 18.3. The number of aromatic nitrogens is 2. The van der Waals surface area contributed by atoms with Gasteiger partial charge in [-0.2, -0.15) is 5.26 Å². The Morgan fingerprint density at radius 2 is 0.971 bits per heavy atom. The maximum absolute atomic E-state index is 12.0. The summed E-state index contributed by atoms with van der Waals surface area (Å²) >= 11 is 3.59. The van der Waals surface area contributed by atoms with Gasteiger partial charge in [-0.05, 0) is 47.5 Å². The van der Waals surface area contributed by atoms with Crippen molar-refractivity contribution < 1.29 is 4.42 Å². The number of rotatable bonds is 4. The Balaban J connectivity index is 1.25. The Labute approximate surface area is 401 Å². The van der Waals surface area contributed by atoms with Crippen LogP contribution in [-0.4, -0.2) is 9.13 Å². The van der Waals surface area contributed by atoms with Gasteiger partial charge in [0.05, 0.1) is 55.0 Å². The summed E-state index contributed by atoms with van der Waals surface area (Å²) in [5.41, 5.74) is 11.0. The highest BCUT2D eigenvalue weighted by Gasteiger charge is 2.33. The minimum Gasteiger partial charge on any atom is -0.456 e. The fourth-order valence-corrected chi connectivity index (χ4v) is 13.9. The van der Waals surface area contributed by atoms with Crippen LogP contribution in [0.2, 0.25) is 0 Å². The molecule has 0 aliphatic carbocycles. The molecule has 0 saturated carbocycles. The first kappa shape index (κ1) is 38.2. The molecule has 0 amide bonds. The number of thiophene rings is 2. The van der Waals surface area contributed by atoms with Crippen molar-refractivity contribution in [1.29, 1.82) is 5.26 Å². The predicted molar refractivity (Wildman–Crippen MR) is 290 cm³/mol. The van der Waals surface area contributed by atoms with Crippen molar-refractivity contribution in [3.8, 4) is 39.7 Å².